The van der Waals surface area contributed by atoms with Crippen molar-refractivity contribution in [3.63, 3.8) is 0 Å². The first-order chi connectivity index (χ1) is 19.1. The smallest absolute Gasteiger partial charge is 0.407 e. The van der Waals surface area contributed by atoms with Crippen LogP contribution in [0.4, 0.5) is 4.79 Å². The van der Waals surface area contributed by atoms with Crippen LogP contribution < -0.4 is 5.32 Å². The number of ether oxygens (including phenoxy) is 3. The molecule has 0 bridgehead atoms. The van der Waals surface area contributed by atoms with Gasteiger partial charge in [-0.15, -0.1) is 0 Å². The van der Waals surface area contributed by atoms with Crippen LogP contribution in [0.15, 0.2) is 0 Å². The maximum atomic E-state index is 12.6. The summed E-state index contributed by atoms with van der Waals surface area (Å²) in [7, 11) is 0. The molecular weight excluding hydrogens is 498 g/mol. The molecule has 0 aliphatic rings. The Morgan fingerprint density at radius 1 is 0.600 bits per heavy atom. The molecule has 0 unspecified atom stereocenters. The first kappa shape index (κ1) is 39.2. The summed E-state index contributed by atoms with van der Waals surface area (Å²) in [5.74, 6) is 0. The van der Waals surface area contributed by atoms with Gasteiger partial charge in [0.05, 0.1) is 17.8 Å². The summed E-state index contributed by atoms with van der Waals surface area (Å²) in [5, 5.41) is 2.95. The Morgan fingerprint density at radius 2 is 1.02 bits per heavy atom. The number of unbranched alkanes of at least 4 members (excludes halogenated alkanes) is 16. The SMILES string of the molecule is CCCCCCCCCCCC(CCCCCCCCCCC)OC(=O)NCCCOC(C)(C)COC(C)(C)C. The van der Waals surface area contributed by atoms with E-state index < -0.39 is 0 Å². The first-order valence-corrected chi connectivity index (χ1v) is 17.3. The number of nitrogens with one attached hydrogen (secondary N) is 1. The Hall–Kier alpha value is -0.810. The Bertz CT molecular complexity index is 536. The summed E-state index contributed by atoms with van der Waals surface area (Å²) in [6.07, 6.45) is 26.3. The monoisotopic (exact) mass is 570 g/mol. The van der Waals surface area contributed by atoms with Gasteiger partial charge in [-0.1, -0.05) is 117 Å². The minimum absolute atomic E-state index is 0.0406. The lowest BCUT2D eigenvalue weighted by Gasteiger charge is -2.30. The standard InChI is InChI=1S/C35H71NO4/c1-8-10-12-14-16-18-20-22-24-27-32(28-25-23-21-19-17-15-13-11-9-2)40-33(37)36-29-26-30-38-35(6,7)31-39-34(3,4)5/h32H,8-31H2,1-7H3,(H,36,37). The van der Waals surface area contributed by atoms with Crippen LogP contribution >= 0.6 is 0 Å². The second kappa shape index (κ2) is 25.9. The van der Waals surface area contributed by atoms with E-state index in [-0.39, 0.29) is 23.4 Å². The maximum absolute atomic E-state index is 12.6. The molecule has 0 atom stereocenters. The molecule has 0 heterocycles. The molecule has 0 radical (unpaired) electrons. The van der Waals surface area contributed by atoms with Crippen LogP contribution in [0.3, 0.4) is 0 Å². The number of hydrogen-bond donors (Lipinski definition) is 1. The van der Waals surface area contributed by atoms with Gasteiger partial charge in [0.1, 0.15) is 6.10 Å². The van der Waals surface area contributed by atoms with Crippen molar-refractivity contribution in [2.75, 3.05) is 19.8 Å². The van der Waals surface area contributed by atoms with Crippen LogP contribution in [-0.4, -0.2) is 43.2 Å². The molecule has 5 heteroatoms. The summed E-state index contributed by atoms with van der Waals surface area (Å²) >= 11 is 0. The molecule has 0 spiro atoms. The zero-order valence-corrected chi connectivity index (χ0v) is 28.2. The summed E-state index contributed by atoms with van der Waals surface area (Å²) in [5.41, 5.74) is -0.519. The van der Waals surface area contributed by atoms with Crippen molar-refractivity contribution in [1.82, 2.24) is 5.32 Å². The van der Waals surface area contributed by atoms with Gasteiger partial charge in [-0.25, -0.2) is 4.79 Å². The molecule has 40 heavy (non-hydrogen) atoms. The van der Waals surface area contributed by atoms with Gasteiger partial charge in [-0.05, 0) is 66.7 Å². The van der Waals surface area contributed by atoms with Crippen molar-refractivity contribution in [2.45, 2.75) is 201 Å². The lowest BCUT2D eigenvalue weighted by Crippen LogP contribution is -2.36. The third-order valence-corrected chi connectivity index (χ3v) is 7.47. The van der Waals surface area contributed by atoms with E-state index in [0.29, 0.717) is 19.8 Å². The van der Waals surface area contributed by atoms with Gasteiger partial charge in [-0.2, -0.15) is 0 Å². The fourth-order valence-corrected chi connectivity index (χ4v) is 4.86. The highest BCUT2D eigenvalue weighted by atomic mass is 16.6. The number of amides is 1. The molecule has 0 aromatic carbocycles. The summed E-state index contributed by atoms with van der Waals surface area (Å²) in [6, 6.07) is 0. The molecule has 5 nitrogen and oxygen atoms in total. The van der Waals surface area contributed by atoms with Crippen molar-refractivity contribution in [3.05, 3.63) is 0 Å². The maximum Gasteiger partial charge on any atom is 0.407 e. The predicted octanol–water partition coefficient (Wildman–Crippen LogP) is 10.9. The molecular formula is C35H71NO4. The number of carbonyl (C=O) groups is 1. The van der Waals surface area contributed by atoms with Gasteiger partial charge >= 0.3 is 6.09 Å². The average Bonchev–Trinajstić information content (AvgIpc) is 2.89. The van der Waals surface area contributed by atoms with E-state index in [2.05, 4.69) is 39.9 Å². The van der Waals surface area contributed by atoms with E-state index in [9.17, 15) is 4.79 Å². The van der Waals surface area contributed by atoms with Crippen LogP contribution in [0, 0.1) is 0 Å². The van der Waals surface area contributed by atoms with Crippen molar-refractivity contribution in [3.8, 4) is 0 Å². The summed E-state index contributed by atoms with van der Waals surface area (Å²) in [4.78, 5) is 12.6. The fraction of sp³-hybridized carbons (Fsp3) is 0.971. The van der Waals surface area contributed by atoms with Gasteiger partial charge in [-0.3, -0.25) is 0 Å². The van der Waals surface area contributed by atoms with Gasteiger partial charge in [0.15, 0.2) is 0 Å². The van der Waals surface area contributed by atoms with E-state index in [1.54, 1.807) is 0 Å². The summed E-state index contributed by atoms with van der Waals surface area (Å²) < 4.78 is 17.8. The summed E-state index contributed by atoms with van der Waals surface area (Å²) in [6.45, 7) is 16.5. The number of rotatable bonds is 28. The topological polar surface area (TPSA) is 56.8 Å². The molecule has 1 amide bonds. The highest BCUT2D eigenvalue weighted by Gasteiger charge is 2.22. The Labute approximate surface area is 250 Å². The Kier molecular flexibility index (Phi) is 25.3. The quantitative estimate of drug-likeness (QED) is 0.0952. The molecule has 0 saturated heterocycles. The van der Waals surface area contributed by atoms with Crippen molar-refractivity contribution in [2.24, 2.45) is 0 Å². The van der Waals surface area contributed by atoms with Crippen LogP contribution in [0.5, 0.6) is 0 Å². The predicted molar refractivity (Wildman–Crippen MR) is 172 cm³/mol. The fourth-order valence-electron chi connectivity index (χ4n) is 4.86. The molecule has 0 aromatic rings. The molecule has 0 aliphatic heterocycles. The molecule has 0 rings (SSSR count). The van der Waals surface area contributed by atoms with Crippen molar-refractivity contribution < 1.29 is 19.0 Å². The lowest BCUT2D eigenvalue weighted by atomic mass is 10.0. The minimum atomic E-state index is -0.343. The highest BCUT2D eigenvalue weighted by molar-refractivity contribution is 5.67. The number of carbonyl (C=O) groups excluding carboxylic acids is 1. The second-order valence-electron chi connectivity index (χ2n) is 13.6. The van der Waals surface area contributed by atoms with Gasteiger partial charge in [0, 0.05) is 13.2 Å². The number of hydrogen-bond acceptors (Lipinski definition) is 4. The molecule has 1 N–H and O–H groups in total. The van der Waals surface area contributed by atoms with E-state index in [1.165, 1.54) is 103 Å². The normalized spacial score (nSPS) is 12.3. The zero-order valence-electron chi connectivity index (χ0n) is 28.2. The van der Waals surface area contributed by atoms with Crippen LogP contribution in [-0.2, 0) is 14.2 Å². The molecule has 0 fully saturated rings. The second-order valence-corrected chi connectivity index (χ2v) is 13.6. The lowest BCUT2D eigenvalue weighted by molar-refractivity contribution is -0.114. The number of alkyl carbamates (subject to hydrolysis) is 1. The van der Waals surface area contributed by atoms with Gasteiger partial charge < -0.3 is 19.5 Å². The molecule has 0 aromatic heterocycles. The average molecular weight is 570 g/mol. The largest absolute Gasteiger partial charge is 0.446 e. The zero-order chi connectivity index (χ0) is 30.0. The van der Waals surface area contributed by atoms with E-state index in [0.717, 1.165) is 32.1 Å². The Morgan fingerprint density at radius 3 is 1.45 bits per heavy atom. The van der Waals surface area contributed by atoms with Crippen LogP contribution in [0.1, 0.15) is 183 Å². The van der Waals surface area contributed by atoms with Gasteiger partial charge in [0.2, 0.25) is 0 Å². The highest BCUT2D eigenvalue weighted by Crippen LogP contribution is 2.18. The van der Waals surface area contributed by atoms with Crippen molar-refractivity contribution >= 4 is 6.09 Å². The van der Waals surface area contributed by atoms with E-state index in [1.807, 2.05) is 13.8 Å². The first-order valence-electron chi connectivity index (χ1n) is 17.3. The van der Waals surface area contributed by atoms with E-state index >= 15 is 0 Å². The third-order valence-electron chi connectivity index (χ3n) is 7.47. The Balaban J connectivity index is 4.25. The minimum Gasteiger partial charge on any atom is -0.446 e. The van der Waals surface area contributed by atoms with Crippen LogP contribution in [0.2, 0.25) is 0 Å². The van der Waals surface area contributed by atoms with Crippen molar-refractivity contribution in [1.29, 1.82) is 0 Å². The van der Waals surface area contributed by atoms with Gasteiger partial charge in [0.25, 0.3) is 0 Å². The van der Waals surface area contributed by atoms with E-state index in [4.69, 9.17) is 14.2 Å². The van der Waals surface area contributed by atoms with Crippen LogP contribution in [0.25, 0.3) is 0 Å². The third kappa shape index (κ3) is 28.7. The molecule has 0 aliphatic carbocycles. The molecule has 0 saturated carbocycles. The molecule has 240 valence electrons.